The maximum atomic E-state index is 12.6. The Kier molecular flexibility index (Phi) is 4.73. The molecule has 0 aromatic heterocycles. The van der Waals surface area contributed by atoms with Gasteiger partial charge in [0.2, 0.25) is 0 Å². The Morgan fingerprint density at radius 1 is 1.19 bits per heavy atom. The van der Waals surface area contributed by atoms with Crippen LogP contribution in [0, 0.1) is 6.92 Å². The van der Waals surface area contributed by atoms with E-state index in [0.717, 1.165) is 5.56 Å². The second-order valence-electron chi connectivity index (χ2n) is 5.86. The van der Waals surface area contributed by atoms with Gasteiger partial charge in [0, 0.05) is 12.0 Å². The molecule has 0 amide bonds. The molecule has 2 aromatic rings. The maximum Gasteiger partial charge on any atom is 0.339 e. The summed E-state index contributed by atoms with van der Waals surface area (Å²) in [7, 11) is -2.68. The molecule has 0 saturated carbocycles. The Hall–Kier alpha value is -2.80. The first-order valence-electron chi connectivity index (χ1n) is 7.90. The van der Waals surface area contributed by atoms with Gasteiger partial charge < -0.3 is 13.7 Å². The fourth-order valence-corrected chi connectivity index (χ4v) is 3.63. The molecule has 0 spiro atoms. The fraction of sp³-hybridized carbons (Fsp3) is 0.211. The van der Waals surface area contributed by atoms with Crippen molar-refractivity contribution < 1.29 is 26.9 Å². The van der Waals surface area contributed by atoms with Crippen molar-refractivity contribution in [3.63, 3.8) is 0 Å². The quantitative estimate of drug-likeness (QED) is 0.437. The summed E-state index contributed by atoms with van der Waals surface area (Å²) in [4.78, 5) is 12.0. The highest BCUT2D eigenvalue weighted by Gasteiger charge is 2.33. The number of cyclic esters (lactones) is 1. The van der Waals surface area contributed by atoms with E-state index in [2.05, 4.69) is 6.58 Å². The zero-order valence-electron chi connectivity index (χ0n) is 14.4. The van der Waals surface area contributed by atoms with E-state index in [0.29, 0.717) is 17.5 Å². The standard InChI is InChI=1S/C19H18O6S/c1-4-5-16-14-10-18(17(23-3)11-15(14)19(20)24-16)25-26(21,22)13-8-6-12(2)7-9-13/h4,6-11,16H,1,5H2,2-3H3. The van der Waals surface area contributed by atoms with Crippen molar-refractivity contribution in [2.24, 2.45) is 0 Å². The highest BCUT2D eigenvalue weighted by Crippen LogP contribution is 2.41. The van der Waals surface area contributed by atoms with Crippen LogP contribution in [0.2, 0.25) is 0 Å². The Labute approximate surface area is 152 Å². The fourth-order valence-electron chi connectivity index (χ4n) is 2.70. The number of esters is 1. The molecule has 136 valence electrons. The van der Waals surface area contributed by atoms with Gasteiger partial charge in [-0.2, -0.15) is 8.42 Å². The molecule has 0 saturated heterocycles. The predicted molar refractivity (Wildman–Crippen MR) is 95.0 cm³/mol. The van der Waals surface area contributed by atoms with Gasteiger partial charge in [-0.3, -0.25) is 0 Å². The molecule has 26 heavy (non-hydrogen) atoms. The minimum absolute atomic E-state index is 0.000753. The zero-order valence-corrected chi connectivity index (χ0v) is 15.2. The van der Waals surface area contributed by atoms with Crippen LogP contribution in [-0.4, -0.2) is 21.5 Å². The van der Waals surface area contributed by atoms with Crippen LogP contribution in [0.3, 0.4) is 0 Å². The Balaban J connectivity index is 2.02. The van der Waals surface area contributed by atoms with Gasteiger partial charge in [0.1, 0.15) is 11.0 Å². The number of carbonyl (C=O) groups excluding carboxylic acids is 1. The van der Waals surface area contributed by atoms with Crippen LogP contribution in [0.5, 0.6) is 11.5 Å². The lowest BCUT2D eigenvalue weighted by Crippen LogP contribution is -2.11. The van der Waals surface area contributed by atoms with Crippen LogP contribution in [0.1, 0.15) is 34.0 Å². The van der Waals surface area contributed by atoms with Crippen molar-refractivity contribution in [3.05, 3.63) is 65.7 Å². The lowest BCUT2D eigenvalue weighted by Gasteiger charge is -2.13. The van der Waals surface area contributed by atoms with E-state index in [4.69, 9.17) is 13.7 Å². The summed E-state index contributed by atoms with van der Waals surface area (Å²) in [5, 5.41) is 0. The van der Waals surface area contributed by atoms with Gasteiger partial charge in [-0.05, 0) is 31.2 Å². The average molecular weight is 374 g/mol. The molecular weight excluding hydrogens is 356 g/mol. The second-order valence-corrected chi connectivity index (χ2v) is 7.41. The normalized spacial score (nSPS) is 15.9. The van der Waals surface area contributed by atoms with Gasteiger partial charge in [-0.15, -0.1) is 6.58 Å². The van der Waals surface area contributed by atoms with E-state index in [1.54, 1.807) is 18.2 Å². The number of hydrogen-bond donors (Lipinski definition) is 0. The summed E-state index contributed by atoms with van der Waals surface area (Å²) in [6.45, 7) is 5.50. The molecule has 2 aromatic carbocycles. The third-order valence-corrected chi connectivity index (χ3v) is 5.29. The number of aryl methyl sites for hydroxylation is 1. The molecule has 0 bridgehead atoms. The van der Waals surface area contributed by atoms with Crippen LogP contribution in [0.4, 0.5) is 0 Å². The molecule has 1 unspecified atom stereocenters. The van der Waals surface area contributed by atoms with Gasteiger partial charge in [0.05, 0.1) is 12.7 Å². The van der Waals surface area contributed by atoms with Crippen molar-refractivity contribution >= 4 is 16.1 Å². The molecule has 0 N–H and O–H groups in total. The lowest BCUT2D eigenvalue weighted by atomic mass is 10.0. The molecule has 1 aliphatic heterocycles. The SMILES string of the molecule is C=CCC1OC(=O)c2cc(OC)c(OS(=O)(=O)c3ccc(C)cc3)cc21. The lowest BCUT2D eigenvalue weighted by molar-refractivity contribution is 0.0392. The summed E-state index contributed by atoms with van der Waals surface area (Å²) < 4.78 is 40.9. The van der Waals surface area contributed by atoms with E-state index in [1.807, 2.05) is 6.92 Å². The zero-order chi connectivity index (χ0) is 18.9. The third kappa shape index (κ3) is 3.30. The van der Waals surface area contributed by atoms with Gasteiger partial charge in [-0.1, -0.05) is 23.8 Å². The monoisotopic (exact) mass is 374 g/mol. The van der Waals surface area contributed by atoms with Gasteiger partial charge in [-0.25, -0.2) is 4.79 Å². The first-order valence-corrected chi connectivity index (χ1v) is 9.31. The summed E-state index contributed by atoms with van der Waals surface area (Å²) in [6, 6.07) is 9.21. The third-order valence-electron chi connectivity index (χ3n) is 4.04. The summed E-state index contributed by atoms with van der Waals surface area (Å²) in [5.74, 6) is -0.354. The summed E-state index contributed by atoms with van der Waals surface area (Å²) >= 11 is 0. The number of benzene rings is 2. The van der Waals surface area contributed by atoms with Crippen LogP contribution >= 0.6 is 0 Å². The van der Waals surface area contributed by atoms with Gasteiger partial charge >= 0.3 is 16.1 Å². The van der Waals surface area contributed by atoms with E-state index < -0.39 is 22.2 Å². The van der Waals surface area contributed by atoms with Crippen LogP contribution < -0.4 is 8.92 Å². The number of carbonyl (C=O) groups is 1. The highest BCUT2D eigenvalue weighted by atomic mass is 32.2. The smallest absolute Gasteiger partial charge is 0.339 e. The predicted octanol–water partition coefficient (Wildman–Crippen LogP) is 3.56. The van der Waals surface area contributed by atoms with Crippen LogP contribution in [-0.2, 0) is 14.9 Å². The highest BCUT2D eigenvalue weighted by molar-refractivity contribution is 7.87. The number of methoxy groups -OCH3 is 1. The number of ether oxygens (including phenoxy) is 2. The Morgan fingerprint density at radius 3 is 2.50 bits per heavy atom. The minimum Gasteiger partial charge on any atom is -0.493 e. The molecule has 1 aliphatic rings. The van der Waals surface area contributed by atoms with E-state index >= 15 is 0 Å². The second kappa shape index (κ2) is 6.84. The van der Waals surface area contributed by atoms with E-state index in [1.165, 1.54) is 31.4 Å². The molecule has 6 nitrogen and oxygen atoms in total. The minimum atomic E-state index is -4.05. The topological polar surface area (TPSA) is 78.9 Å². The molecule has 7 heteroatoms. The van der Waals surface area contributed by atoms with Crippen LogP contribution in [0.25, 0.3) is 0 Å². The number of fused-ring (bicyclic) bond motifs is 1. The molecule has 1 heterocycles. The number of hydrogen-bond acceptors (Lipinski definition) is 6. The van der Waals surface area contributed by atoms with Gasteiger partial charge in [0.15, 0.2) is 11.5 Å². The van der Waals surface area contributed by atoms with Crippen molar-refractivity contribution in [1.82, 2.24) is 0 Å². The Bertz CT molecular complexity index is 960. The summed E-state index contributed by atoms with van der Waals surface area (Å²) in [5.41, 5.74) is 1.81. The molecular formula is C19H18O6S. The average Bonchev–Trinajstić information content (AvgIpc) is 2.90. The van der Waals surface area contributed by atoms with Crippen molar-refractivity contribution in [3.8, 4) is 11.5 Å². The van der Waals surface area contributed by atoms with Crippen LogP contribution in [0.15, 0.2) is 53.9 Å². The Morgan fingerprint density at radius 2 is 1.88 bits per heavy atom. The summed E-state index contributed by atoms with van der Waals surface area (Å²) in [6.07, 6.45) is 1.51. The van der Waals surface area contributed by atoms with Crippen molar-refractivity contribution in [2.45, 2.75) is 24.3 Å². The van der Waals surface area contributed by atoms with Crippen molar-refractivity contribution in [2.75, 3.05) is 7.11 Å². The first-order chi connectivity index (χ1) is 12.4. The molecule has 3 rings (SSSR count). The largest absolute Gasteiger partial charge is 0.493 e. The van der Waals surface area contributed by atoms with E-state index in [9.17, 15) is 13.2 Å². The molecule has 0 radical (unpaired) electrons. The first kappa shape index (κ1) is 18.0. The van der Waals surface area contributed by atoms with Gasteiger partial charge in [0.25, 0.3) is 0 Å². The molecule has 0 fully saturated rings. The molecule has 0 aliphatic carbocycles. The van der Waals surface area contributed by atoms with Crippen molar-refractivity contribution in [1.29, 1.82) is 0 Å². The maximum absolute atomic E-state index is 12.6. The molecule has 1 atom stereocenters. The number of rotatable bonds is 6. The van der Waals surface area contributed by atoms with E-state index in [-0.39, 0.29) is 16.4 Å².